The first-order chi connectivity index (χ1) is 5.24. The van der Waals surface area contributed by atoms with Gasteiger partial charge in [-0.25, -0.2) is 0 Å². The van der Waals surface area contributed by atoms with E-state index in [9.17, 15) is 0 Å². The molecule has 62 valence electrons. The van der Waals surface area contributed by atoms with E-state index in [-0.39, 0.29) is 0 Å². The summed E-state index contributed by atoms with van der Waals surface area (Å²) in [6.07, 6.45) is 5.66. The van der Waals surface area contributed by atoms with Crippen molar-refractivity contribution in [1.82, 2.24) is 5.01 Å². The smallest absolute Gasteiger partial charge is 0.0299 e. The summed E-state index contributed by atoms with van der Waals surface area (Å²) in [6.45, 7) is 5.88. The van der Waals surface area contributed by atoms with Gasteiger partial charge < -0.3 is 0 Å². The molecule has 0 spiro atoms. The highest BCUT2D eigenvalue weighted by molar-refractivity contribution is 5.52. The van der Waals surface area contributed by atoms with Gasteiger partial charge in [0.25, 0.3) is 0 Å². The van der Waals surface area contributed by atoms with Crippen LogP contribution in [0.2, 0.25) is 0 Å². The molecule has 11 heavy (non-hydrogen) atoms. The van der Waals surface area contributed by atoms with Crippen molar-refractivity contribution >= 4 is 6.21 Å². The highest BCUT2D eigenvalue weighted by Crippen LogP contribution is 2.35. The van der Waals surface area contributed by atoms with E-state index in [2.05, 4.69) is 11.7 Å². The van der Waals surface area contributed by atoms with Gasteiger partial charge in [0.15, 0.2) is 0 Å². The summed E-state index contributed by atoms with van der Waals surface area (Å²) in [5.74, 6) is 0.900. The topological polar surface area (TPSA) is 15.6 Å². The van der Waals surface area contributed by atoms with Crippen LogP contribution in [0.25, 0.3) is 0 Å². The van der Waals surface area contributed by atoms with Crippen LogP contribution >= 0.6 is 0 Å². The summed E-state index contributed by atoms with van der Waals surface area (Å²) in [5, 5.41) is 5.97. The summed E-state index contributed by atoms with van der Waals surface area (Å²) in [6, 6.07) is 0. The number of hydrazone groups is 1. The quantitative estimate of drug-likeness (QED) is 0.445. The lowest BCUT2D eigenvalue weighted by Crippen LogP contribution is -2.09. The number of allylic oxidation sites excluding steroid dienone is 1. The van der Waals surface area contributed by atoms with Gasteiger partial charge in [-0.3, -0.25) is 5.01 Å². The van der Waals surface area contributed by atoms with Crippen LogP contribution in [0, 0.1) is 5.92 Å². The fraction of sp³-hybridized carbons (Fsp3) is 0.667. The second-order valence-corrected chi connectivity index (χ2v) is 3.11. The largest absolute Gasteiger partial charge is 0.274 e. The third-order valence-corrected chi connectivity index (χ3v) is 1.97. The molecule has 0 heterocycles. The Labute approximate surface area is 68.6 Å². The van der Waals surface area contributed by atoms with Crippen molar-refractivity contribution in [1.29, 1.82) is 0 Å². The summed E-state index contributed by atoms with van der Waals surface area (Å²) in [7, 11) is 1.95. The Morgan fingerprint density at radius 3 is 2.82 bits per heavy atom. The molecular weight excluding hydrogens is 136 g/mol. The molecule has 2 nitrogen and oxygen atoms in total. The molecule has 1 aliphatic carbocycles. The Balaban J connectivity index is 2.26. The molecule has 0 atom stereocenters. The maximum Gasteiger partial charge on any atom is 0.0299 e. The normalized spacial score (nSPS) is 17.3. The Morgan fingerprint density at radius 2 is 2.36 bits per heavy atom. The maximum atomic E-state index is 4.11. The molecule has 0 aromatic carbocycles. The van der Waals surface area contributed by atoms with Crippen molar-refractivity contribution in [3.63, 3.8) is 0 Å². The van der Waals surface area contributed by atoms with Gasteiger partial charge in [0.1, 0.15) is 0 Å². The van der Waals surface area contributed by atoms with E-state index in [4.69, 9.17) is 0 Å². The summed E-state index contributed by atoms with van der Waals surface area (Å²) >= 11 is 0. The molecular formula is C9H16N2. The molecule has 2 heteroatoms. The highest BCUT2D eigenvalue weighted by atomic mass is 15.4. The van der Waals surface area contributed by atoms with Crippen molar-refractivity contribution in [3.8, 4) is 0 Å². The number of hydrogen-bond donors (Lipinski definition) is 0. The minimum Gasteiger partial charge on any atom is -0.274 e. The second-order valence-electron chi connectivity index (χ2n) is 3.11. The van der Waals surface area contributed by atoms with E-state index in [1.807, 2.05) is 19.0 Å². The fourth-order valence-corrected chi connectivity index (χ4v) is 1.04. The molecule has 0 amide bonds. The Hall–Kier alpha value is -0.790. The molecule has 0 aliphatic heterocycles. The van der Waals surface area contributed by atoms with Gasteiger partial charge in [0.2, 0.25) is 0 Å². The predicted octanol–water partition coefficient (Wildman–Crippen LogP) is 2.24. The first kappa shape index (κ1) is 8.31. The lowest BCUT2D eigenvalue weighted by Gasteiger charge is -2.14. The molecule has 0 N–H and O–H groups in total. The van der Waals surface area contributed by atoms with E-state index in [1.165, 1.54) is 12.8 Å². The standard InChI is InChI=1S/C9H16N2/c1-4-10-11(3)8(2)7-9-5-6-9/h4,9H,2,5-7H2,1,3H3/b10-4-. The Bertz CT molecular complexity index is 168. The minimum atomic E-state index is 0.900. The molecule has 1 aliphatic rings. The third kappa shape index (κ3) is 2.74. The Morgan fingerprint density at radius 1 is 1.73 bits per heavy atom. The predicted molar refractivity (Wildman–Crippen MR) is 48.4 cm³/mol. The van der Waals surface area contributed by atoms with Crippen LogP contribution in [0.15, 0.2) is 17.4 Å². The van der Waals surface area contributed by atoms with Crippen molar-refractivity contribution in [3.05, 3.63) is 12.3 Å². The lowest BCUT2D eigenvalue weighted by atomic mass is 10.2. The zero-order valence-electron chi connectivity index (χ0n) is 7.38. The van der Waals surface area contributed by atoms with Crippen LogP contribution in [-0.4, -0.2) is 18.3 Å². The molecule has 0 aromatic rings. The number of hydrogen-bond acceptors (Lipinski definition) is 2. The first-order valence-electron chi connectivity index (χ1n) is 4.14. The fourth-order valence-electron chi connectivity index (χ4n) is 1.04. The van der Waals surface area contributed by atoms with E-state index < -0.39 is 0 Å². The average Bonchev–Trinajstić information content (AvgIpc) is 2.72. The van der Waals surface area contributed by atoms with Gasteiger partial charge in [0.05, 0.1) is 0 Å². The lowest BCUT2D eigenvalue weighted by molar-refractivity contribution is 0.423. The number of nitrogens with zero attached hydrogens (tertiary/aromatic N) is 2. The van der Waals surface area contributed by atoms with Crippen molar-refractivity contribution in [2.75, 3.05) is 7.05 Å². The van der Waals surface area contributed by atoms with E-state index >= 15 is 0 Å². The summed E-state index contributed by atoms with van der Waals surface area (Å²) in [5.41, 5.74) is 1.13. The van der Waals surface area contributed by atoms with E-state index in [0.29, 0.717) is 0 Å². The van der Waals surface area contributed by atoms with Crippen LogP contribution in [0.3, 0.4) is 0 Å². The number of rotatable bonds is 4. The minimum absolute atomic E-state index is 0.900. The molecule has 0 unspecified atom stereocenters. The van der Waals surface area contributed by atoms with Crippen molar-refractivity contribution in [2.45, 2.75) is 26.2 Å². The van der Waals surface area contributed by atoms with Crippen molar-refractivity contribution in [2.24, 2.45) is 11.0 Å². The zero-order chi connectivity index (χ0) is 8.27. The highest BCUT2D eigenvalue weighted by Gasteiger charge is 2.22. The van der Waals surface area contributed by atoms with Crippen LogP contribution in [0.5, 0.6) is 0 Å². The van der Waals surface area contributed by atoms with Gasteiger partial charge in [-0.15, -0.1) is 0 Å². The SMILES string of the molecule is C=C(CC1CC1)N(C)/N=C\C. The monoisotopic (exact) mass is 152 g/mol. The van der Waals surface area contributed by atoms with Crippen molar-refractivity contribution < 1.29 is 0 Å². The van der Waals surface area contributed by atoms with Gasteiger partial charge in [-0.2, -0.15) is 5.10 Å². The summed E-state index contributed by atoms with van der Waals surface area (Å²) in [4.78, 5) is 0. The molecule has 1 saturated carbocycles. The maximum absolute atomic E-state index is 4.11. The van der Waals surface area contributed by atoms with Crippen LogP contribution in [0.4, 0.5) is 0 Å². The Kier molecular flexibility index (Phi) is 2.69. The molecule has 0 radical (unpaired) electrons. The molecule has 0 aromatic heterocycles. The van der Waals surface area contributed by atoms with Crippen LogP contribution < -0.4 is 0 Å². The molecule has 1 fully saturated rings. The van der Waals surface area contributed by atoms with Crippen LogP contribution in [-0.2, 0) is 0 Å². The van der Waals surface area contributed by atoms with E-state index in [1.54, 1.807) is 6.21 Å². The van der Waals surface area contributed by atoms with Gasteiger partial charge in [-0.1, -0.05) is 6.58 Å². The summed E-state index contributed by atoms with van der Waals surface area (Å²) < 4.78 is 0. The first-order valence-corrected chi connectivity index (χ1v) is 4.14. The van der Waals surface area contributed by atoms with Gasteiger partial charge >= 0.3 is 0 Å². The average molecular weight is 152 g/mol. The van der Waals surface area contributed by atoms with Gasteiger partial charge in [0, 0.05) is 19.0 Å². The molecule has 1 rings (SSSR count). The third-order valence-electron chi connectivity index (χ3n) is 1.97. The zero-order valence-corrected chi connectivity index (χ0v) is 7.38. The van der Waals surface area contributed by atoms with E-state index in [0.717, 1.165) is 18.0 Å². The molecule has 0 saturated heterocycles. The molecule has 0 bridgehead atoms. The van der Waals surface area contributed by atoms with Gasteiger partial charge in [-0.05, 0) is 32.1 Å². The second kappa shape index (κ2) is 3.56. The van der Waals surface area contributed by atoms with Crippen LogP contribution in [0.1, 0.15) is 26.2 Å².